The molecule has 0 aliphatic rings. The average Bonchev–Trinajstić information content (AvgIpc) is 2.51. The Morgan fingerprint density at radius 2 is 1.23 bits per heavy atom. The Kier molecular flexibility index (Phi) is 16.4. The van der Waals surface area contributed by atoms with E-state index in [1.165, 1.54) is 83.5 Å². The first-order valence-electron chi connectivity index (χ1n) is 9.60. The minimum absolute atomic E-state index is 0.290. The van der Waals surface area contributed by atoms with Crippen molar-refractivity contribution in [2.45, 2.75) is 110 Å². The molecule has 0 rings (SSSR count). The summed E-state index contributed by atoms with van der Waals surface area (Å²) in [6.45, 7) is 4.37. The van der Waals surface area contributed by atoms with Crippen molar-refractivity contribution in [2.24, 2.45) is 11.8 Å². The van der Waals surface area contributed by atoms with Crippen LogP contribution in [0.4, 0.5) is 0 Å². The van der Waals surface area contributed by atoms with Crippen LogP contribution in [-0.2, 0) is 9.63 Å². The van der Waals surface area contributed by atoms with Crippen molar-refractivity contribution in [3.63, 3.8) is 0 Å². The Morgan fingerprint density at radius 3 is 1.64 bits per heavy atom. The van der Waals surface area contributed by atoms with E-state index < -0.39 is 0 Å². The van der Waals surface area contributed by atoms with Crippen LogP contribution in [0.3, 0.4) is 0 Å². The van der Waals surface area contributed by atoms with Crippen LogP contribution in [0.15, 0.2) is 0 Å². The van der Waals surface area contributed by atoms with Gasteiger partial charge in [-0.3, -0.25) is 4.79 Å². The summed E-state index contributed by atoms with van der Waals surface area (Å²) in [6.07, 6.45) is 19.5. The Labute approximate surface area is 138 Å². The van der Waals surface area contributed by atoms with E-state index in [1.807, 2.05) is 0 Å². The largest absolute Gasteiger partial charge is 0.373 e. The van der Waals surface area contributed by atoms with Crippen LogP contribution in [0.1, 0.15) is 110 Å². The lowest BCUT2D eigenvalue weighted by Crippen LogP contribution is -2.13. The van der Waals surface area contributed by atoms with Crippen LogP contribution >= 0.6 is 0 Å². The predicted octanol–water partition coefficient (Wildman–Crippen LogP) is 5.91. The fraction of sp³-hybridized carbons (Fsp3) is 0.947. The maximum atomic E-state index is 11.0. The third-order valence-corrected chi connectivity index (χ3v) is 4.45. The third kappa shape index (κ3) is 15.8. The van der Waals surface area contributed by atoms with Gasteiger partial charge in [0.25, 0.3) is 0 Å². The fourth-order valence-corrected chi connectivity index (χ4v) is 2.95. The summed E-state index contributed by atoms with van der Waals surface area (Å²) in [5, 5.41) is 0. The normalized spacial score (nSPS) is 12.3. The summed E-state index contributed by atoms with van der Waals surface area (Å²) in [5.41, 5.74) is 0. The van der Waals surface area contributed by atoms with Crippen molar-refractivity contribution in [2.75, 3.05) is 0 Å². The number of carbonyl (C=O) groups is 1. The van der Waals surface area contributed by atoms with Gasteiger partial charge in [-0.25, -0.2) is 0 Å². The maximum absolute atomic E-state index is 11.0. The minimum Gasteiger partial charge on any atom is -0.373 e. The first-order valence-corrected chi connectivity index (χ1v) is 9.60. The minimum atomic E-state index is -0.290. The number of carbonyl (C=O) groups excluding carboxylic acids is 1. The van der Waals surface area contributed by atoms with Gasteiger partial charge < -0.3 is 4.84 Å². The van der Waals surface area contributed by atoms with E-state index >= 15 is 0 Å². The van der Waals surface area contributed by atoms with Gasteiger partial charge in [-0.15, -0.1) is 0 Å². The van der Waals surface area contributed by atoms with Gasteiger partial charge in [0.1, 0.15) is 0 Å². The molecule has 0 aliphatic heterocycles. The van der Waals surface area contributed by atoms with Gasteiger partial charge in [-0.1, -0.05) is 104 Å². The molecule has 0 fully saturated rings. The highest BCUT2D eigenvalue weighted by atomic mass is 16.7. The summed E-state index contributed by atoms with van der Waals surface area (Å²) in [7, 11) is 0. The van der Waals surface area contributed by atoms with E-state index in [9.17, 15) is 4.79 Å². The monoisotopic (exact) mass is 313 g/mol. The summed E-state index contributed by atoms with van der Waals surface area (Å²) < 4.78 is 0. The molecule has 0 aromatic rings. The van der Waals surface area contributed by atoms with E-state index in [0.29, 0.717) is 12.3 Å². The Bertz CT molecular complexity index is 244. The van der Waals surface area contributed by atoms with Crippen LogP contribution < -0.4 is 5.90 Å². The van der Waals surface area contributed by atoms with Gasteiger partial charge in [0.05, 0.1) is 0 Å². The van der Waals surface area contributed by atoms with E-state index in [0.717, 1.165) is 6.42 Å². The predicted molar refractivity (Wildman–Crippen MR) is 94.4 cm³/mol. The van der Waals surface area contributed by atoms with Crippen LogP contribution in [-0.4, -0.2) is 5.97 Å². The number of rotatable bonds is 16. The van der Waals surface area contributed by atoms with E-state index in [4.69, 9.17) is 5.90 Å². The van der Waals surface area contributed by atoms with Crippen molar-refractivity contribution < 1.29 is 9.63 Å². The molecule has 3 heteroatoms. The van der Waals surface area contributed by atoms with Crippen molar-refractivity contribution in [3.8, 4) is 0 Å². The van der Waals surface area contributed by atoms with Gasteiger partial charge in [0.2, 0.25) is 0 Å². The first-order chi connectivity index (χ1) is 10.7. The molecule has 0 amide bonds. The molecule has 22 heavy (non-hydrogen) atoms. The van der Waals surface area contributed by atoms with Crippen LogP contribution in [0.5, 0.6) is 0 Å². The second kappa shape index (κ2) is 16.8. The number of hydrogen-bond donors (Lipinski definition) is 1. The molecular formula is C19H39NO2. The summed E-state index contributed by atoms with van der Waals surface area (Å²) in [5.74, 6) is 4.95. The zero-order valence-electron chi connectivity index (χ0n) is 15.1. The lowest BCUT2D eigenvalue weighted by molar-refractivity contribution is -0.145. The second-order valence-corrected chi connectivity index (χ2v) is 6.83. The fourth-order valence-electron chi connectivity index (χ4n) is 2.95. The quantitative estimate of drug-likeness (QED) is 0.284. The molecular weight excluding hydrogens is 274 g/mol. The van der Waals surface area contributed by atoms with Gasteiger partial charge >= 0.3 is 5.97 Å². The van der Waals surface area contributed by atoms with Gasteiger partial charge in [-0.05, 0) is 5.92 Å². The summed E-state index contributed by atoms with van der Waals surface area (Å²) in [6, 6.07) is 0. The summed E-state index contributed by atoms with van der Waals surface area (Å²) in [4.78, 5) is 15.2. The van der Waals surface area contributed by atoms with Crippen LogP contribution in [0.2, 0.25) is 0 Å². The molecule has 3 nitrogen and oxygen atoms in total. The molecule has 0 aliphatic carbocycles. The SMILES string of the molecule is CCCCCCCCCCCCCCCC(C)CC(=O)ON. The van der Waals surface area contributed by atoms with Gasteiger partial charge in [0, 0.05) is 6.42 Å². The lowest BCUT2D eigenvalue weighted by atomic mass is 9.99. The highest BCUT2D eigenvalue weighted by molar-refractivity contribution is 5.69. The average molecular weight is 314 g/mol. The Hall–Kier alpha value is -0.570. The van der Waals surface area contributed by atoms with Gasteiger partial charge in [-0.2, -0.15) is 5.90 Å². The standard InChI is InChI=1S/C19H39NO2/c1-3-4-5-6-7-8-9-10-11-12-13-14-15-16-18(2)17-19(21)22-20/h18H,3-17,20H2,1-2H3. The molecule has 0 spiro atoms. The van der Waals surface area contributed by atoms with Crippen molar-refractivity contribution >= 4 is 5.97 Å². The third-order valence-electron chi connectivity index (χ3n) is 4.45. The molecule has 0 saturated heterocycles. The number of nitrogens with two attached hydrogens (primary N) is 1. The van der Waals surface area contributed by atoms with Crippen molar-refractivity contribution in [1.82, 2.24) is 0 Å². The highest BCUT2D eigenvalue weighted by Crippen LogP contribution is 2.16. The summed E-state index contributed by atoms with van der Waals surface area (Å²) >= 11 is 0. The molecule has 1 atom stereocenters. The van der Waals surface area contributed by atoms with Crippen LogP contribution in [0.25, 0.3) is 0 Å². The molecule has 0 saturated carbocycles. The lowest BCUT2D eigenvalue weighted by Gasteiger charge is -2.09. The molecule has 1 unspecified atom stereocenters. The van der Waals surface area contributed by atoms with Crippen molar-refractivity contribution in [3.05, 3.63) is 0 Å². The molecule has 0 radical (unpaired) electrons. The number of hydrogen-bond acceptors (Lipinski definition) is 3. The van der Waals surface area contributed by atoms with E-state index in [1.54, 1.807) is 0 Å². The number of unbranched alkanes of at least 4 members (excludes halogenated alkanes) is 12. The Balaban J connectivity index is 3.12. The molecule has 0 bridgehead atoms. The van der Waals surface area contributed by atoms with Gasteiger partial charge in [0.15, 0.2) is 0 Å². The zero-order chi connectivity index (χ0) is 16.5. The first kappa shape index (κ1) is 21.4. The van der Waals surface area contributed by atoms with E-state index in [-0.39, 0.29) is 5.97 Å². The molecule has 2 N–H and O–H groups in total. The Morgan fingerprint density at radius 1 is 0.818 bits per heavy atom. The molecule has 0 aromatic heterocycles. The molecule has 0 heterocycles. The van der Waals surface area contributed by atoms with Crippen LogP contribution in [0, 0.1) is 5.92 Å². The smallest absolute Gasteiger partial charge is 0.324 e. The topological polar surface area (TPSA) is 52.3 Å². The molecule has 0 aromatic carbocycles. The second-order valence-electron chi connectivity index (χ2n) is 6.83. The zero-order valence-corrected chi connectivity index (χ0v) is 15.1. The maximum Gasteiger partial charge on any atom is 0.324 e. The van der Waals surface area contributed by atoms with E-state index in [2.05, 4.69) is 18.7 Å². The highest BCUT2D eigenvalue weighted by Gasteiger charge is 2.08. The molecule has 132 valence electrons. The van der Waals surface area contributed by atoms with Crippen molar-refractivity contribution in [1.29, 1.82) is 0 Å².